The molecule has 0 aliphatic carbocycles. The zero-order valence-corrected chi connectivity index (χ0v) is 8.58. The van der Waals surface area contributed by atoms with Crippen molar-refractivity contribution in [1.29, 1.82) is 0 Å². The lowest BCUT2D eigenvalue weighted by Crippen LogP contribution is -2.20. The Bertz CT molecular complexity index is 404. The molecule has 1 heterocycles. The lowest BCUT2D eigenvalue weighted by Gasteiger charge is -1.96. The summed E-state index contributed by atoms with van der Waals surface area (Å²) in [5.74, 6) is 5.80. The van der Waals surface area contributed by atoms with Crippen molar-refractivity contribution in [3.05, 3.63) is 24.0 Å². The fraction of sp³-hybridized carbons (Fsp3) is 0.273. The predicted octanol–water partition coefficient (Wildman–Crippen LogP) is 0.542. The zero-order valence-electron chi connectivity index (χ0n) is 8.58. The van der Waals surface area contributed by atoms with Crippen LogP contribution >= 0.6 is 0 Å². The van der Waals surface area contributed by atoms with Crippen LogP contribution in [0.15, 0.2) is 18.5 Å². The molecule has 0 saturated carbocycles. The molecule has 0 saturated heterocycles. The number of anilines is 1. The van der Waals surface area contributed by atoms with Crippen molar-refractivity contribution in [3.8, 4) is 11.8 Å². The largest absolute Gasteiger partial charge is 0.396 e. The monoisotopic (exact) mass is 203 g/mol. The average Bonchev–Trinajstić information content (AvgIpc) is 2.20. The van der Waals surface area contributed by atoms with E-state index in [9.17, 15) is 4.79 Å². The highest BCUT2D eigenvalue weighted by atomic mass is 16.1. The molecule has 0 radical (unpaired) electrons. The van der Waals surface area contributed by atoms with E-state index in [0.717, 1.165) is 5.56 Å². The molecule has 4 heteroatoms. The van der Waals surface area contributed by atoms with Crippen LogP contribution in [-0.4, -0.2) is 17.4 Å². The molecule has 4 nitrogen and oxygen atoms in total. The summed E-state index contributed by atoms with van der Waals surface area (Å²) in [6.07, 6.45) is 3.83. The number of nitrogens with one attached hydrogen (secondary N) is 1. The van der Waals surface area contributed by atoms with Gasteiger partial charge in [0.05, 0.1) is 17.4 Å². The van der Waals surface area contributed by atoms with Crippen molar-refractivity contribution >= 4 is 11.6 Å². The number of pyridine rings is 1. The number of hydrogen-bond acceptors (Lipinski definition) is 3. The van der Waals surface area contributed by atoms with Crippen LogP contribution in [0, 0.1) is 11.8 Å². The lowest BCUT2D eigenvalue weighted by molar-refractivity contribution is -0.118. The summed E-state index contributed by atoms with van der Waals surface area (Å²) in [5, 5.41) is 2.66. The van der Waals surface area contributed by atoms with Gasteiger partial charge in [-0.25, -0.2) is 0 Å². The first-order valence-electron chi connectivity index (χ1n) is 4.63. The summed E-state index contributed by atoms with van der Waals surface area (Å²) in [4.78, 5) is 14.4. The quantitative estimate of drug-likeness (QED) is 0.544. The van der Waals surface area contributed by atoms with Crippen molar-refractivity contribution in [2.75, 3.05) is 12.3 Å². The molecule has 1 aromatic rings. The van der Waals surface area contributed by atoms with Crippen molar-refractivity contribution in [3.63, 3.8) is 0 Å². The highest BCUT2D eigenvalue weighted by Crippen LogP contribution is 2.05. The summed E-state index contributed by atoms with van der Waals surface area (Å²) < 4.78 is 0. The van der Waals surface area contributed by atoms with E-state index in [1.165, 1.54) is 6.92 Å². The number of amides is 1. The molecule has 0 aromatic carbocycles. The van der Waals surface area contributed by atoms with Crippen LogP contribution in [0.25, 0.3) is 0 Å². The molecule has 1 rings (SSSR count). The molecule has 1 amide bonds. The second-order valence-electron chi connectivity index (χ2n) is 3.00. The van der Waals surface area contributed by atoms with Crippen LogP contribution in [0.1, 0.15) is 18.9 Å². The second kappa shape index (κ2) is 5.66. The average molecular weight is 203 g/mol. The molecule has 0 fully saturated rings. The molecular weight excluding hydrogens is 190 g/mol. The smallest absolute Gasteiger partial charge is 0.216 e. The van der Waals surface area contributed by atoms with E-state index in [2.05, 4.69) is 22.1 Å². The van der Waals surface area contributed by atoms with Crippen molar-refractivity contribution in [1.82, 2.24) is 10.3 Å². The van der Waals surface area contributed by atoms with E-state index in [0.29, 0.717) is 18.7 Å². The van der Waals surface area contributed by atoms with Crippen LogP contribution in [0.2, 0.25) is 0 Å². The molecule has 0 unspecified atom stereocenters. The third kappa shape index (κ3) is 4.14. The number of aromatic nitrogens is 1. The number of carbonyl (C=O) groups excluding carboxylic acids is 1. The fourth-order valence-electron chi connectivity index (χ4n) is 0.979. The maximum absolute atomic E-state index is 10.5. The van der Waals surface area contributed by atoms with Crippen LogP contribution in [0.4, 0.5) is 5.69 Å². The minimum atomic E-state index is -0.0415. The van der Waals surface area contributed by atoms with Gasteiger partial charge in [0.2, 0.25) is 5.91 Å². The molecular formula is C11H13N3O. The lowest BCUT2D eigenvalue weighted by atomic mass is 10.2. The van der Waals surface area contributed by atoms with Gasteiger partial charge in [0.15, 0.2) is 0 Å². The van der Waals surface area contributed by atoms with Crippen LogP contribution < -0.4 is 11.1 Å². The fourth-order valence-corrected chi connectivity index (χ4v) is 0.979. The third-order valence-corrected chi connectivity index (χ3v) is 1.70. The predicted molar refractivity (Wildman–Crippen MR) is 58.8 cm³/mol. The maximum Gasteiger partial charge on any atom is 0.216 e. The van der Waals surface area contributed by atoms with Gasteiger partial charge in [-0.1, -0.05) is 11.8 Å². The van der Waals surface area contributed by atoms with E-state index >= 15 is 0 Å². The Morgan fingerprint density at radius 3 is 3.13 bits per heavy atom. The van der Waals surface area contributed by atoms with Crippen LogP contribution in [0.3, 0.4) is 0 Å². The first kappa shape index (κ1) is 11.1. The highest BCUT2D eigenvalue weighted by molar-refractivity contribution is 5.72. The molecule has 15 heavy (non-hydrogen) atoms. The topological polar surface area (TPSA) is 68.0 Å². The van der Waals surface area contributed by atoms with Gasteiger partial charge in [-0.3, -0.25) is 9.78 Å². The van der Waals surface area contributed by atoms with Crippen LogP contribution in [0.5, 0.6) is 0 Å². The molecule has 0 aliphatic heterocycles. The Hall–Kier alpha value is -2.02. The van der Waals surface area contributed by atoms with E-state index in [-0.39, 0.29) is 5.91 Å². The van der Waals surface area contributed by atoms with E-state index in [1.54, 1.807) is 18.5 Å². The first-order chi connectivity index (χ1) is 7.20. The van der Waals surface area contributed by atoms with E-state index in [1.807, 2.05) is 0 Å². The summed E-state index contributed by atoms with van der Waals surface area (Å²) in [5.41, 5.74) is 6.99. The Morgan fingerprint density at radius 2 is 2.47 bits per heavy atom. The minimum Gasteiger partial charge on any atom is -0.396 e. The summed E-state index contributed by atoms with van der Waals surface area (Å²) in [6, 6.07) is 1.76. The SMILES string of the molecule is CC(=O)NCCC#Cc1ccncc1N. The number of nitrogens with zero attached hydrogens (tertiary/aromatic N) is 1. The number of nitrogen functional groups attached to an aromatic ring is 1. The molecule has 0 bridgehead atoms. The Labute approximate surface area is 88.9 Å². The van der Waals surface area contributed by atoms with Crippen LogP contribution in [-0.2, 0) is 4.79 Å². The molecule has 78 valence electrons. The Kier molecular flexibility index (Phi) is 4.17. The van der Waals surface area contributed by atoms with Crippen molar-refractivity contribution in [2.24, 2.45) is 0 Å². The number of rotatable bonds is 2. The van der Waals surface area contributed by atoms with Gasteiger partial charge in [-0.15, -0.1) is 0 Å². The molecule has 0 atom stereocenters. The van der Waals surface area contributed by atoms with Gasteiger partial charge in [-0.2, -0.15) is 0 Å². The number of hydrogen-bond donors (Lipinski definition) is 2. The molecule has 0 aliphatic rings. The summed E-state index contributed by atoms with van der Waals surface area (Å²) in [6.45, 7) is 2.04. The van der Waals surface area contributed by atoms with Crippen molar-refractivity contribution < 1.29 is 4.79 Å². The molecule has 0 spiro atoms. The number of carbonyl (C=O) groups is 1. The molecule has 3 N–H and O–H groups in total. The summed E-state index contributed by atoms with van der Waals surface area (Å²) in [7, 11) is 0. The zero-order chi connectivity index (χ0) is 11.1. The van der Waals surface area contributed by atoms with Gasteiger partial charge in [0, 0.05) is 26.1 Å². The Balaban J connectivity index is 2.45. The second-order valence-corrected chi connectivity index (χ2v) is 3.00. The normalized spacial score (nSPS) is 8.87. The van der Waals surface area contributed by atoms with Crippen molar-refractivity contribution in [2.45, 2.75) is 13.3 Å². The van der Waals surface area contributed by atoms with E-state index in [4.69, 9.17) is 5.73 Å². The van der Waals surface area contributed by atoms with Gasteiger partial charge in [0.1, 0.15) is 0 Å². The van der Waals surface area contributed by atoms with Gasteiger partial charge in [0.25, 0.3) is 0 Å². The first-order valence-corrected chi connectivity index (χ1v) is 4.63. The number of nitrogens with two attached hydrogens (primary N) is 1. The molecule has 1 aromatic heterocycles. The van der Waals surface area contributed by atoms with Gasteiger partial charge < -0.3 is 11.1 Å². The third-order valence-electron chi connectivity index (χ3n) is 1.70. The van der Waals surface area contributed by atoms with Gasteiger partial charge in [-0.05, 0) is 6.07 Å². The maximum atomic E-state index is 10.5. The minimum absolute atomic E-state index is 0.0415. The standard InChI is InChI=1S/C11H13N3O/c1-9(15)14-6-3-2-4-10-5-7-13-8-11(10)12/h5,7-8H,3,6,12H2,1H3,(H,14,15). The van der Waals surface area contributed by atoms with Gasteiger partial charge >= 0.3 is 0 Å². The highest BCUT2D eigenvalue weighted by Gasteiger charge is 1.92. The Morgan fingerprint density at radius 1 is 1.67 bits per heavy atom. The summed E-state index contributed by atoms with van der Waals surface area (Å²) >= 11 is 0. The van der Waals surface area contributed by atoms with E-state index < -0.39 is 0 Å².